The summed E-state index contributed by atoms with van der Waals surface area (Å²) < 4.78 is 2.02. The Labute approximate surface area is 134 Å². The van der Waals surface area contributed by atoms with Gasteiger partial charge in [-0.05, 0) is 19.4 Å². The summed E-state index contributed by atoms with van der Waals surface area (Å²) in [7, 11) is 1.97. The van der Waals surface area contributed by atoms with Gasteiger partial charge in [0.2, 0.25) is 0 Å². The van der Waals surface area contributed by atoms with Crippen LogP contribution < -0.4 is 5.32 Å². The van der Waals surface area contributed by atoms with Crippen molar-refractivity contribution in [1.82, 2.24) is 9.55 Å². The number of anilines is 1. The van der Waals surface area contributed by atoms with Gasteiger partial charge in [-0.25, -0.2) is 9.78 Å². The third-order valence-corrected chi connectivity index (χ3v) is 4.26. The van der Waals surface area contributed by atoms with Crippen molar-refractivity contribution < 1.29 is 9.90 Å². The molecule has 3 rings (SSSR count). The Morgan fingerprint density at radius 3 is 2.78 bits per heavy atom. The first kappa shape index (κ1) is 15.3. The second-order valence-electron chi connectivity index (χ2n) is 5.81. The van der Waals surface area contributed by atoms with E-state index in [1.165, 1.54) is 0 Å². The van der Waals surface area contributed by atoms with Gasteiger partial charge in [-0.3, -0.25) is 0 Å². The molecule has 23 heavy (non-hydrogen) atoms. The number of hydrogen-bond donors (Lipinski definition) is 2. The molecule has 5 heteroatoms. The van der Waals surface area contributed by atoms with Crippen LogP contribution in [0, 0.1) is 6.92 Å². The number of para-hydroxylation sites is 1. The molecule has 2 N–H and O–H groups in total. The molecule has 0 unspecified atom stereocenters. The summed E-state index contributed by atoms with van der Waals surface area (Å²) in [5, 5.41) is 14.9. The van der Waals surface area contributed by atoms with Crippen LogP contribution in [0.4, 0.5) is 5.69 Å². The van der Waals surface area contributed by atoms with Crippen LogP contribution in [-0.2, 0) is 7.05 Å². The number of pyridine rings is 1. The lowest BCUT2D eigenvalue weighted by molar-refractivity contribution is 0.0697. The predicted octanol–water partition coefficient (Wildman–Crippen LogP) is 3.95. The average Bonchev–Trinajstić information content (AvgIpc) is 2.80. The first-order chi connectivity index (χ1) is 11.1. The van der Waals surface area contributed by atoms with E-state index in [1.807, 2.05) is 35.9 Å². The number of nitrogens with zero attached hydrogens (tertiary/aromatic N) is 2. The van der Waals surface area contributed by atoms with Crippen LogP contribution in [-0.4, -0.2) is 27.2 Å². The summed E-state index contributed by atoms with van der Waals surface area (Å²) in [6, 6.07) is 8.00. The second-order valence-corrected chi connectivity index (χ2v) is 5.81. The summed E-state index contributed by atoms with van der Waals surface area (Å²) >= 11 is 0. The van der Waals surface area contributed by atoms with Gasteiger partial charge in [0.15, 0.2) is 0 Å². The van der Waals surface area contributed by atoms with E-state index < -0.39 is 5.97 Å². The average molecular weight is 311 g/mol. The molecule has 0 aliphatic heterocycles. The Balaban J connectivity index is 2.39. The van der Waals surface area contributed by atoms with Crippen LogP contribution in [0.2, 0.25) is 0 Å². The molecule has 3 aromatic rings. The Bertz CT molecular complexity index is 896. The van der Waals surface area contributed by atoms with Crippen molar-refractivity contribution in [3.8, 4) is 0 Å². The lowest BCUT2D eigenvalue weighted by atomic mass is 10.1. The molecule has 2 heterocycles. The highest BCUT2D eigenvalue weighted by Gasteiger charge is 2.22. The van der Waals surface area contributed by atoms with E-state index >= 15 is 0 Å². The van der Waals surface area contributed by atoms with Crippen molar-refractivity contribution >= 4 is 33.6 Å². The molecule has 0 amide bonds. The molecule has 1 aromatic carbocycles. The topological polar surface area (TPSA) is 67.2 Å². The van der Waals surface area contributed by atoms with E-state index in [1.54, 1.807) is 6.92 Å². The Hall–Kier alpha value is -2.56. The van der Waals surface area contributed by atoms with Gasteiger partial charge in [0.05, 0.1) is 22.3 Å². The molecule has 0 radical (unpaired) electrons. The third kappa shape index (κ3) is 2.42. The number of aromatic carboxylic acids is 1. The van der Waals surface area contributed by atoms with E-state index in [0.717, 1.165) is 41.3 Å². The first-order valence-corrected chi connectivity index (χ1v) is 7.91. The van der Waals surface area contributed by atoms with Gasteiger partial charge in [0, 0.05) is 19.0 Å². The first-order valence-electron chi connectivity index (χ1n) is 7.91. The Kier molecular flexibility index (Phi) is 3.94. The maximum absolute atomic E-state index is 11.8. The molecule has 120 valence electrons. The standard InChI is InChI=1S/C18H21N3O2/c1-4-5-10-19-16-14(18(22)23)11(2)20-17-15(16)12-8-6-7-9-13(12)21(17)3/h6-9H,4-5,10H2,1-3H3,(H,19,20)(H,22,23). The molecule has 0 spiro atoms. The molecule has 5 nitrogen and oxygen atoms in total. The van der Waals surface area contributed by atoms with E-state index in [-0.39, 0.29) is 5.56 Å². The summed E-state index contributed by atoms with van der Waals surface area (Å²) in [5.41, 5.74) is 3.35. The fraction of sp³-hybridized carbons (Fsp3) is 0.333. The van der Waals surface area contributed by atoms with Gasteiger partial charge in [0.25, 0.3) is 0 Å². The number of carbonyl (C=O) groups is 1. The van der Waals surface area contributed by atoms with Crippen LogP contribution >= 0.6 is 0 Å². The smallest absolute Gasteiger partial charge is 0.339 e. The van der Waals surface area contributed by atoms with Crippen molar-refractivity contribution in [2.45, 2.75) is 26.7 Å². The minimum absolute atomic E-state index is 0.268. The van der Waals surface area contributed by atoms with Gasteiger partial charge < -0.3 is 15.0 Å². The Morgan fingerprint density at radius 2 is 2.09 bits per heavy atom. The van der Waals surface area contributed by atoms with Crippen LogP contribution in [0.5, 0.6) is 0 Å². The highest BCUT2D eigenvalue weighted by atomic mass is 16.4. The van der Waals surface area contributed by atoms with Gasteiger partial charge in [0.1, 0.15) is 11.2 Å². The zero-order valence-electron chi connectivity index (χ0n) is 13.7. The second kappa shape index (κ2) is 5.91. The SMILES string of the molecule is CCCCNc1c(C(=O)O)c(C)nc2c1c1ccccc1n2C. The maximum atomic E-state index is 11.8. The number of aromatic nitrogens is 2. The lowest BCUT2D eigenvalue weighted by Crippen LogP contribution is -2.11. The minimum Gasteiger partial charge on any atom is -0.478 e. The molecular weight excluding hydrogens is 290 g/mol. The fourth-order valence-corrected chi connectivity index (χ4v) is 3.11. The van der Waals surface area contributed by atoms with Crippen molar-refractivity contribution in [3.63, 3.8) is 0 Å². The predicted molar refractivity (Wildman–Crippen MR) is 93.3 cm³/mol. The number of unbranched alkanes of at least 4 members (excludes halogenated alkanes) is 1. The monoisotopic (exact) mass is 311 g/mol. The van der Waals surface area contributed by atoms with Crippen LogP contribution in [0.3, 0.4) is 0 Å². The highest BCUT2D eigenvalue weighted by Crippen LogP contribution is 2.36. The minimum atomic E-state index is -0.941. The summed E-state index contributed by atoms with van der Waals surface area (Å²) in [5.74, 6) is -0.941. The number of carboxylic acid groups (broad SMARTS) is 1. The molecule has 0 saturated carbocycles. The van der Waals surface area contributed by atoms with Gasteiger partial charge in [-0.1, -0.05) is 31.5 Å². The van der Waals surface area contributed by atoms with Gasteiger partial charge in [-0.15, -0.1) is 0 Å². The maximum Gasteiger partial charge on any atom is 0.339 e. The van der Waals surface area contributed by atoms with Crippen LogP contribution in [0.15, 0.2) is 24.3 Å². The van der Waals surface area contributed by atoms with Crippen molar-refractivity contribution in [3.05, 3.63) is 35.5 Å². The molecular formula is C18H21N3O2. The van der Waals surface area contributed by atoms with Crippen LogP contribution in [0.1, 0.15) is 35.8 Å². The van der Waals surface area contributed by atoms with E-state index in [4.69, 9.17) is 0 Å². The number of rotatable bonds is 5. The zero-order valence-corrected chi connectivity index (χ0v) is 13.7. The number of nitrogens with one attached hydrogen (secondary N) is 1. The largest absolute Gasteiger partial charge is 0.478 e. The molecule has 0 atom stereocenters. The molecule has 0 aliphatic rings. The van der Waals surface area contributed by atoms with Gasteiger partial charge >= 0.3 is 5.97 Å². The number of carboxylic acids is 1. The fourth-order valence-electron chi connectivity index (χ4n) is 3.11. The summed E-state index contributed by atoms with van der Waals surface area (Å²) in [4.78, 5) is 16.3. The van der Waals surface area contributed by atoms with Crippen molar-refractivity contribution in [2.24, 2.45) is 7.05 Å². The highest BCUT2D eigenvalue weighted by molar-refractivity contribution is 6.17. The number of aryl methyl sites for hydroxylation is 2. The van der Waals surface area contributed by atoms with E-state index in [9.17, 15) is 9.90 Å². The van der Waals surface area contributed by atoms with E-state index in [0.29, 0.717) is 11.4 Å². The molecule has 2 aromatic heterocycles. The molecule has 0 aliphatic carbocycles. The van der Waals surface area contributed by atoms with Gasteiger partial charge in [-0.2, -0.15) is 0 Å². The van der Waals surface area contributed by atoms with Crippen molar-refractivity contribution in [1.29, 1.82) is 0 Å². The van der Waals surface area contributed by atoms with Crippen LogP contribution in [0.25, 0.3) is 21.9 Å². The quantitative estimate of drug-likeness (QED) is 0.700. The number of benzene rings is 1. The summed E-state index contributed by atoms with van der Waals surface area (Å²) in [6.07, 6.45) is 2.05. The molecule has 0 bridgehead atoms. The molecule has 0 saturated heterocycles. The number of hydrogen-bond acceptors (Lipinski definition) is 3. The third-order valence-electron chi connectivity index (χ3n) is 4.26. The Morgan fingerprint density at radius 1 is 1.35 bits per heavy atom. The molecule has 0 fully saturated rings. The number of fused-ring (bicyclic) bond motifs is 3. The van der Waals surface area contributed by atoms with Crippen molar-refractivity contribution in [2.75, 3.05) is 11.9 Å². The zero-order chi connectivity index (χ0) is 16.6. The normalized spacial score (nSPS) is 11.3. The lowest BCUT2D eigenvalue weighted by Gasteiger charge is -2.13. The summed E-state index contributed by atoms with van der Waals surface area (Å²) in [6.45, 7) is 4.62. The van der Waals surface area contributed by atoms with E-state index in [2.05, 4.69) is 17.2 Å².